The molecule has 5 nitrogen and oxygen atoms in total. The van der Waals surface area contributed by atoms with Gasteiger partial charge >= 0.3 is 6.18 Å². The summed E-state index contributed by atoms with van der Waals surface area (Å²) in [6, 6.07) is 3.58. The molecule has 2 aromatic carbocycles. The zero-order chi connectivity index (χ0) is 26.6. The van der Waals surface area contributed by atoms with Crippen LogP contribution in [0, 0.1) is 34.7 Å². The number of benzene rings is 2. The number of fused-ring (bicyclic) bond motifs is 1. The molecule has 0 radical (unpaired) electrons. The van der Waals surface area contributed by atoms with Crippen LogP contribution in [-0.2, 0) is 16.6 Å². The minimum Gasteiger partial charge on any atom is -0.371 e. The number of nitriles is 1. The Kier molecular flexibility index (Phi) is 6.56. The Morgan fingerprint density at radius 1 is 1.08 bits per heavy atom. The molecule has 1 N–H and O–H groups in total. The Hall–Kier alpha value is -3.10. The maximum atomic E-state index is 14.8. The van der Waals surface area contributed by atoms with Gasteiger partial charge in [0.15, 0.2) is 0 Å². The fourth-order valence-corrected chi connectivity index (χ4v) is 5.37. The van der Waals surface area contributed by atoms with Crippen molar-refractivity contribution in [1.29, 1.82) is 5.26 Å². The van der Waals surface area contributed by atoms with Gasteiger partial charge in [-0.1, -0.05) is 13.8 Å². The molecular formula is C25H23F6N3O2. The molecule has 1 heterocycles. The first-order valence-corrected chi connectivity index (χ1v) is 11.5. The van der Waals surface area contributed by atoms with Gasteiger partial charge in [0.1, 0.15) is 17.5 Å². The highest BCUT2D eigenvalue weighted by Gasteiger charge is 2.58. The first-order chi connectivity index (χ1) is 16.9. The van der Waals surface area contributed by atoms with E-state index in [-0.39, 0.29) is 30.6 Å². The number of hydrogen-bond acceptors (Lipinski definition) is 4. The minimum absolute atomic E-state index is 0.122. The lowest BCUT2D eigenvalue weighted by Crippen LogP contribution is -2.50. The second-order valence-corrected chi connectivity index (χ2v) is 9.11. The Morgan fingerprint density at radius 2 is 1.67 bits per heavy atom. The van der Waals surface area contributed by atoms with Crippen LogP contribution in [0.1, 0.15) is 48.9 Å². The molecular weight excluding hydrogens is 488 g/mol. The standard InChI is InChI=1S/C25H23F6N3O2/c1-3-33(4-2)16-5-14(6-16)12-34-20-8-13(11-32)7-17(25(29,30)31)21(20)24(36,23(34)35)22-18(27)9-15(26)10-19(22)28/h7-10,14,16,36H,3-6,12H2,1-2H3. The number of nitrogens with zero attached hydrogens (tertiary/aromatic N) is 3. The quantitative estimate of drug-likeness (QED) is 0.572. The predicted molar refractivity (Wildman–Crippen MR) is 117 cm³/mol. The molecule has 1 atom stereocenters. The van der Waals surface area contributed by atoms with Crippen molar-refractivity contribution in [3.63, 3.8) is 0 Å². The lowest BCUT2D eigenvalue weighted by molar-refractivity contribution is -0.142. The normalized spacial score (nSPS) is 23.6. The molecule has 0 aromatic heterocycles. The Morgan fingerprint density at radius 3 is 2.17 bits per heavy atom. The molecule has 1 unspecified atom stereocenters. The molecule has 0 saturated heterocycles. The highest BCUT2D eigenvalue weighted by Crippen LogP contribution is 2.52. The van der Waals surface area contributed by atoms with Crippen LogP contribution in [0.3, 0.4) is 0 Å². The summed E-state index contributed by atoms with van der Waals surface area (Å²) in [7, 11) is 0. The van der Waals surface area contributed by atoms with Crippen molar-refractivity contribution in [2.75, 3.05) is 24.5 Å². The van der Waals surface area contributed by atoms with E-state index in [9.17, 15) is 41.5 Å². The molecule has 11 heteroatoms. The van der Waals surface area contributed by atoms with E-state index in [2.05, 4.69) is 4.90 Å². The molecule has 192 valence electrons. The summed E-state index contributed by atoms with van der Waals surface area (Å²) in [6.45, 7) is 5.45. The Bertz CT molecular complexity index is 1220. The number of hydrogen-bond donors (Lipinski definition) is 1. The maximum Gasteiger partial charge on any atom is 0.416 e. The van der Waals surface area contributed by atoms with Gasteiger partial charge in [0.2, 0.25) is 5.60 Å². The van der Waals surface area contributed by atoms with E-state index in [0.717, 1.165) is 24.1 Å². The van der Waals surface area contributed by atoms with Crippen molar-refractivity contribution in [1.82, 2.24) is 4.90 Å². The summed E-state index contributed by atoms with van der Waals surface area (Å²) in [5.74, 6) is -6.34. The molecule has 4 rings (SSSR count). The average molecular weight is 511 g/mol. The van der Waals surface area contributed by atoms with Gasteiger partial charge in [-0.05, 0) is 44.0 Å². The molecule has 2 aromatic rings. The SMILES string of the molecule is CCN(CC)C1CC(CN2C(=O)C(O)(c3c(F)cc(F)cc3F)c3c2cc(C#N)cc3C(F)(F)F)C1. The largest absolute Gasteiger partial charge is 0.416 e. The smallest absolute Gasteiger partial charge is 0.371 e. The Labute approximate surface area is 203 Å². The Balaban J connectivity index is 1.87. The zero-order valence-corrected chi connectivity index (χ0v) is 19.5. The number of alkyl halides is 3. The fraction of sp³-hybridized carbons (Fsp3) is 0.440. The van der Waals surface area contributed by atoms with Gasteiger partial charge in [-0.25, -0.2) is 13.2 Å². The summed E-state index contributed by atoms with van der Waals surface area (Å²) in [6.07, 6.45) is -3.93. The van der Waals surface area contributed by atoms with Crippen molar-refractivity contribution in [3.8, 4) is 6.07 Å². The lowest BCUT2D eigenvalue weighted by atomic mass is 9.78. The zero-order valence-electron chi connectivity index (χ0n) is 19.5. The lowest BCUT2D eigenvalue weighted by Gasteiger charge is -2.43. The maximum absolute atomic E-state index is 14.8. The minimum atomic E-state index is -5.18. The second-order valence-electron chi connectivity index (χ2n) is 9.11. The van der Waals surface area contributed by atoms with Gasteiger partial charge < -0.3 is 14.9 Å². The number of aliphatic hydroxyl groups is 1. The summed E-state index contributed by atoms with van der Waals surface area (Å²) in [5, 5.41) is 20.8. The van der Waals surface area contributed by atoms with E-state index < -0.39 is 63.1 Å². The number of amides is 1. The fourth-order valence-electron chi connectivity index (χ4n) is 5.37. The summed E-state index contributed by atoms with van der Waals surface area (Å²) < 4.78 is 85.4. The van der Waals surface area contributed by atoms with Crippen molar-refractivity contribution in [3.05, 3.63) is 64.0 Å². The van der Waals surface area contributed by atoms with E-state index >= 15 is 0 Å². The van der Waals surface area contributed by atoms with Gasteiger partial charge in [0.25, 0.3) is 5.91 Å². The van der Waals surface area contributed by atoms with E-state index in [1.807, 2.05) is 13.8 Å². The van der Waals surface area contributed by atoms with Crippen LogP contribution in [0.4, 0.5) is 32.0 Å². The summed E-state index contributed by atoms with van der Waals surface area (Å²) in [5.41, 5.74) is -8.38. The second kappa shape index (κ2) is 9.09. The third kappa shape index (κ3) is 4.02. The van der Waals surface area contributed by atoms with E-state index in [1.54, 1.807) is 6.07 Å². The van der Waals surface area contributed by atoms with Crippen LogP contribution in [0.2, 0.25) is 0 Å². The first-order valence-electron chi connectivity index (χ1n) is 11.5. The van der Waals surface area contributed by atoms with Gasteiger partial charge in [0.05, 0.1) is 28.4 Å². The van der Waals surface area contributed by atoms with Crippen LogP contribution >= 0.6 is 0 Å². The van der Waals surface area contributed by atoms with Gasteiger partial charge in [-0.3, -0.25) is 4.79 Å². The average Bonchev–Trinajstić information content (AvgIpc) is 2.97. The van der Waals surface area contributed by atoms with Gasteiger partial charge in [0, 0.05) is 30.3 Å². The summed E-state index contributed by atoms with van der Waals surface area (Å²) in [4.78, 5) is 16.6. The summed E-state index contributed by atoms with van der Waals surface area (Å²) >= 11 is 0. The topological polar surface area (TPSA) is 67.6 Å². The number of halogens is 6. The molecule has 1 aliphatic heterocycles. The van der Waals surface area contributed by atoms with Crippen LogP contribution in [0.25, 0.3) is 0 Å². The van der Waals surface area contributed by atoms with Crippen LogP contribution in [0.15, 0.2) is 24.3 Å². The number of carbonyl (C=O) groups excluding carboxylic acids is 1. The molecule has 2 aliphatic rings. The van der Waals surface area contributed by atoms with Crippen molar-refractivity contribution >= 4 is 11.6 Å². The molecule has 1 amide bonds. The molecule has 0 spiro atoms. The monoisotopic (exact) mass is 511 g/mol. The third-order valence-electron chi connectivity index (χ3n) is 7.11. The van der Waals surface area contributed by atoms with E-state index in [4.69, 9.17) is 0 Å². The van der Waals surface area contributed by atoms with Crippen molar-refractivity contribution in [2.24, 2.45) is 5.92 Å². The molecule has 0 bridgehead atoms. The predicted octanol–water partition coefficient (Wildman–Crippen LogP) is 4.70. The highest BCUT2D eigenvalue weighted by atomic mass is 19.4. The molecule has 1 fully saturated rings. The van der Waals surface area contributed by atoms with Crippen LogP contribution in [0.5, 0.6) is 0 Å². The number of carbonyl (C=O) groups is 1. The first kappa shape index (κ1) is 26.0. The number of anilines is 1. The van der Waals surface area contributed by atoms with Crippen molar-refractivity contribution in [2.45, 2.75) is 44.5 Å². The van der Waals surface area contributed by atoms with Crippen LogP contribution < -0.4 is 4.90 Å². The van der Waals surface area contributed by atoms with E-state index in [1.165, 1.54) is 0 Å². The molecule has 36 heavy (non-hydrogen) atoms. The molecule has 1 aliphatic carbocycles. The number of rotatable bonds is 6. The molecule has 1 saturated carbocycles. The third-order valence-corrected chi connectivity index (χ3v) is 7.11. The highest BCUT2D eigenvalue weighted by molar-refractivity contribution is 6.10. The van der Waals surface area contributed by atoms with E-state index in [0.29, 0.717) is 18.9 Å². The van der Waals surface area contributed by atoms with Crippen LogP contribution in [-0.4, -0.2) is 41.6 Å². The van der Waals surface area contributed by atoms with Gasteiger partial charge in [-0.15, -0.1) is 0 Å². The van der Waals surface area contributed by atoms with Gasteiger partial charge in [-0.2, -0.15) is 18.4 Å². The van der Waals surface area contributed by atoms with Crippen molar-refractivity contribution < 1.29 is 36.2 Å².